The minimum absolute atomic E-state index is 0.205. The van der Waals surface area contributed by atoms with E-state index in [9.17, 15) is 9.59 Å². The van der Waals surface area contributed by atoms with E-state index in [-0.39, 0.29) is 11.8 Å². The van der Waals surface area contributed by atoms with Crippen molar-refractivity contribution in [2.45, 2.75) is 19.8 Å². The van der Waals surface area contributed by atoms with Crippen LogP contribution in [0.25, 0.3) is 0 Å². The molecule has 0 atom stereocenters. The Balaban J connectivity index is 2.72. The second-order valence-electron chi connectivity index (χ2n) is 1.97. The van der Waals surface area contributed by atoms with Crippen molar-refractivity contribution in [3.05, 3.63) is 0 Å². The number of hydrogen-bond acceptors (Lipinski definition) is 3. The number of nitrogens with zero attached hydrogens (tertiary/aromatic N) is 2. The van der Waals surface area contributed by atoms with Crippen molar-refractivity contribution in [2.75, 3.05) is 0 Å². The van der Waals surface area contributed by atoms with E-state index in [1.165, 1.54) is 6.21 Å². The lowest BCUT2D eigenvalue weighted by Crippen LogP contribution is -2.22. The van der Waals surface area contributed by atoms with Crippen LogP contribution < -0.4 is 0 Å². The molecular formula is C6H8N2O2. The van der Waals surface area contributed by atoms with Gasteiger partial charge in [-0.2, -0.15) is 10.1 Å². The molecule has 1 saturated heterocycles. The van der Waals surface area contributed by atoms with Crippen LogP contribution in [-0.2, 0) is 9.59 Å². The first-order valence-electron chi connectivity index (χ1n) is 3.10. The van der Waals surface area contributed by atoms with Crippen molar-refractivity contribution in [1.82, 2.24) is 5.01 Å². The molecule has 0 spiro atoms. The fraction of sp³-hybridized carbons (Fsp3) is 0.500. The van der Waals surface area contributed by atoms with Gasteiger partial charge in [-0.25, -0.2) is 0 Å². The summed E-state index contributed by atoms with van der Waals surface area (Å²) in [5.74, 6) is -0.411. The lowest BCUT2D eigenvalue weighted by atomic mass is 10.4. The van der Waals surface area contributed by atoms with Gasteiger partial charge in [0.25, 0.3) is 0 Å². The number of amides is 2. The molecule has 0 aliphatic carbocycles. The number of rotatable bonds is 1. The number of hydrazone groups is 1. The predicted molar refractivity (Wildman–Crippen MR) is 35.3 cm³/mol. The molecule has 4 nitrogen and oxygen atoms in total. The molecular weight excluding hydrogens is 132 g/mol. The largest absolute Gasteiger partial charge is 0.272 e. The quantitative estimate of drug-likeness (QED) is 0.384. The van der Waals surface area contributed by atoms with Gasteiger partial charge in [0.2, 0.25) is 11.8 Å². The Morgan fingerprint density at radius 2 is 1.90 bits per heavy atom. The summed E-state index contributed by atoms with van der Waals surface area (Å²) in [5, 5.41) is 4.51. The van der Waals surface area contributed by atoms with Gasteiger partial charge >= 0.3 is 0 Å². The third-order valence-corrected chi connectivity index (χ3v) is 1.26. The lowest BCUT2D eigenvalue weighted by molar-refractivity contribution is -0.138. The zero-order chi connectivity index (χ0) is 7.56. The van der Waals surface area contributed by atoms with Crippen molar-refractivity contribution in [3.63, 3.8) is 0 Å². The first-order valence-corrected chi connectivity index (χ1v) is 3.10. The second kappa shape index (κ2) is 2.60. The van der Waals surface area contributed by atoms with Crippen LogP contribution in [0, 0.1) is 0 Å². The van der Waals surface area contributed by atoms with E-state index >= 15 is 0 Å². The summed E-state index contributed by atoms with van der Waals surface area (Å²) in [6.07, 6.45) is 2.04. The maximum atomic E-state index is 10.8. The highest BCUT2D eigenvalue weighted by molar-refractivity contribution is 6.01. The van der Waals surface area contributed by atoms with Crippen molar-refractivity contribution in [1.29, 1.82) is 0 Å². The van der Waals surface area contributed by atoms with Gasteiger partial charge in [0.15, 0.2) is 0 Å². The number of hydrogen-bond donors (Lipinski definition) is 0. The standard InChI is InChI=1S/C6H8N2O2/c1-2-7-8-5(9)3-4-6(8)10/h2H,3-4H2,1H3. The molecule has 0 aromatic heterocycles. The van der Waals surface area contributed by atoms with Crippen LogP contribution in [0.5, 0.6) is 0 Å². The number of carbonyl (C=O) groups is 2. The van der Waals surface area contributed by atoms with Gasteiger partial charge in [-0.05, 0) is 6.92 Å². The van der Waals surface area contributed by atoms with Gasteiger partial charge in [-0.15, -0.1) is 0 Å². The van der Waals surface area contributed by atoms with E-state index in [2.05, 4.69) is 5.10 Å². The van der Waals surface area contributed by atoms with Gasteiger partial charge in [0, 0.05) is 19.1 Å². The Labute approximate surface area is 58.5 Å². The van der Waals surface area contributed by atoms with Crippen molar-refractivity contribution in [3.8, 4) is 0 Å². The summed E-state index contributed by atoms with van der Waals surface area (Å²) in [6.45, 7) is 1.67. The summed E-state index contributed by atoms with van der Waals surface area (Å²) >= 11 is 0. The van der Waals surface area contributed by atoms with Crippen LogP contribution in [0.15, 0.2) is 5.10 Å². The normalized spacial score (nSPS) is 19.5. The van der Waals surface area contributed by atoms with Crippen molar-refractivity contribution >= 4 is 18.0 Å². The summed E-state index contributed by atoms with van der Waals surface area (Å²) in [5.41, 5.74) is 0. The van der Waals surface area contributed by atoms with Crippen molar-refractivity contribution in [2.24, 2.45) is 5.10 Å². The zero-order valence-corrected chi connectivity index (χ0v) is 5.70. The summed E-state index contributed by atoms with van der Waals surface area (Å²) in [4.78, 5) is 21.5. The lowest BCUT2D eigenvalue weighted by Gasteiger charge is -2.02. The van der Waals surface area contributed by atoms with Crippen LogP contribution >= 0.6 is 0 Å². The van der Waals surface area contributed by atoms with Crippen LogP contribution in [0.2, 0.25) is 0 Å². The van der Waals surface area contributed by atoms with Crippen LogP contribution in [0.4, 0.5) is 0 Å². The molecule has 1 rings (SSSR count). The van der Waals surface area contributed by atoms with Gasteiger partial charge in [0.1, 0.15) is 0 Å². The third-order valence-electron chi connectivity index (χ3n) is 1.26. The topological polar surface area (TPSA) is 49.7 Å². The maximum Gasteiger partial charge on any atom is 0.250 e. The highest BCUT2D eigenvalue weighted by atomic mass is 16.2. The predicted octanol–water partition coefficient (Wildman–Crippen LogP) is 0.141. The minimum atomic E-state index is -0.205. The molecule has 2 amide bonds. The molecule has 0 aromatic rings. The Kier molecular flexibility index (Phi) is 1.80. The number of imide groups is 1. The highest BCUT2D eigenvalue weighted by Gasteiger charge is 2.27. The molecule has 0 unspecified atom stereocenters. The zero-order valence-electron chi connectivity index (χ0n) is 5.70. The van der Waals surface area contributed by atoms with Crippen LogP contribution in [0.1, 0.15) is 19.8 Å². The molecule has 0 saturated carbocycles. The monoisotopic (exact) mass is 140 g/mol. The Hall–Kier alpha value is -1.19. The Bertz CT molecular complexity index is 182. The molecule has 0 radical (unpaired) electrons. The van der Waals surface area contributed by atoms with Gasteiger partial charge in [0.05, 0.1) is 0 Å². The molecule has 4 heteroatoms. The molecule has 0 aromatic carbocycles. The maximum absolute atomic E-state index is 10.8. The van der Waals surface area contributed by atoms with Crippen LogP contribution in [-0.4, -0.2) is 23.0 Å². The van der Waals surface area contributed by atoms with Gasteiger partial charge < -0.3 is 0 Å². The van der Waals surface area contributed by atoms with Gasteiger partial charge in [-0.3, -0.25) is 9.59 Å². The average Bonchev–Trinajstić information content (AvgIpc) is 2.20. The third kappa shape index (κ3) is 1.05. The minimum Gasteiger partial charge on any atom is -0.272 e. The molecule has 0 N–H and O–H groups in total. The second-order valence-corrected chi connectivity index (χ2v) is 1.97. The van der Waals surface area contributed by atoms with Crippen LogP contribution in [0.3, 0.4) is 0 Å². The summed E-state index contributed by atoms with van der Waals surface area (Å²) in [6, 6.07) is 0. The van der Waals surface area contributed by atoms with E-state index < -0.39 is 0 Å². The molecule has 1 fully saturated rings. The van der Waals surface area contributed by atoms with E-state index in [0.29, 0.717) is 12.8 Å². The Morgan fingerprint density at radius 3 is 2.30 bits per heavy atom. The average molecular weight is 140 g/mol. The smallest absolute Gasteiger partial charge is 0.250 e. The summed E-state index contributed by atoms with van der Waals surface area (Å²) in [7, 11) is 0. The SMILES string of the molecule is CC=NN1C(=O)CCC1=O. The summed E-state index contributed by atoms with van der Waals surface area (Å²) < 4.78 is 0. The van der Waals surface area contributed by atoms with E-state index in [4.69, 9.17) is 0 Å². The first kappa shape index (κ1) is 6.92. The van der Waals surface area contributed by atoms with Gasteiger partial charge in [-0.1, -0.05) is 0 Å². The highest BCUT2D eigenvalue weighted by Crippen LogP contribution is 2.10. The molecule has 54 valence electrons. The molecule has 1 aliphatic heterocycles. The molecule has 10 heavy (non-hydrogen) atoms. The molecule has 1 aliphatic rings. The molecule has 1 heterocycles. The Morgan fingerprint density at radius 1 is 1.40 bits per heavy atom. The fourth-order valence-electron chi connectivity index (χ4n) is 0.809. The molecule has 0 bridgehead atoms. The van der Waals surface area contributed by atoms with Crippen molar-refractivity contribution < 1.29 is 9.59 Å². The van der Waals surface area contributed by atoms with E-state index in [1.807, 2.05) is 0 Å². The van der Waals surface area contributed by atoms with E-state index in [0.717, 1.165) is 5.01 Å². The number of carbonyl (C=O) groups excluding carboxylic acids is 2. The fourth-order valence-corrected chi connectivity index (χ4v) is 0.809. The van der Waals surface area contributed by atoms with E-state index in [1.54, 1.807) is 6.92 Å². The first-order chi connectivity index (χ1) is 4.75.